The number of hydrogen-bond donors (Lipinski definition) is 3. The van der Waals surface area contributed by atoms with Crippen molar-refractivity contribution < 1.29 is 22.8 Å². The molecular formula is C36H38N4O5S2. The highest BCUT2D eigenvalue weighted by Crippen LogP contribution is 2.33. The number of hydrogen-bond acceptors (Lipinski definition) is 7. The Hall–Kier alpha value is -4.45. The lowest BCUT2D eigenvalue weighted by molar-refractivity contribution is -0.128. The summed E-state index contributed by atoms with van der Waals surface area (Å²) in [6.45, 7) is 3.78. The average Bonchev–Trinajstić information content (AvgIpc) is 3.16. The molecule has 3 amide bonds. The molecule has 4 aromatic rings. The van der Waals surface area contributed by atoms with Gasteiger partial charge in [0.05, 0.1) is 11.4 Å². The largest absolute Gasteiger partial charge is 0.344 e. The number of carbonyl (C=O) groups excluding carboxylic acids is 3. The predicted molar refractivity (Wildman–Crippen MR) is 186 cm³/mol. The first-order valence-corrected chi connectivity index (χ1v) is 17.9. The fraction of sp³-hybridized carbons (Fsp3) is 0.250. The summed E-state index contributed by atoms with van der Waals surface area (Å²) in [5.74, 6) is -1.20. The summed E-state index contributed by atoms with van der Waals surface area (Å²) in [4.78, 5) is 42.2. The monoisotopic (exact) mass is 670 g/mol. The Kier molecular flexibility index (Phi) is 10.2. The molecular weight excluding hydrogens is 633 g/mol. The van der Waals surface area contributed by atoms with Gasteiger partial charge in [-0.3, -0.25) is 14.4 Å². The van der Waals surface area contributed by atoms with E-state index in [1.54, 1.807) is 91.2 Å². The van der Waals surface area contributed by atoms with E-state index in [2.05, 4.69) is 16.1 Å². The quantitative estimate of drug-likeness (QED) is 0.195. The number of carbonyl (C=O) groups is 3. The summed E-state index contributed by atoms with van der Waals surface area (Å²) in [6.07, 6.45) is 3.17. The van der Waals surface area contributed by atoms with Crippen LogP contribution in [-0.2, 0) is 32.6 Å². The number of nitrogens with one attached hydrogen (secondary N) is 2. The number of benzene rings is 4. The molecule has 0 saturated heterocycles. The molecule has 0 bridgehead atoms. The van der Waals surface area contributed by atoms with E-state index in [-0.39, 0.29) is 35.2 Å². The maximum atomic E-state index is 14.0. The fourth-order valence-electron chi connectivity index (χ4n) is 5.58. The summed E-state index contributed by atoms with van der Waals surface area (Å²) in [6, 6.07) is 27.2. The second-order valence-electron chi connectivity index (χ2n) is 12.2. The zero-order valence-electron chi connectivity index (χ0n) is 26.5. The Morgan fingerprint density at radius 3 is 2.32 bits per heavy atom. The molecule has 0 unspecified atom stereocenters. The third-order valence-corrected chi connectivity index (χ3v) is 9.96. The zero-order chi connectivity index (χ0) is 33.8. The Balaban J connectivity index is 1.41. The number of nitrogens with zero attached hydrogens (tertiary/aromatic N) is 1. The average molecular weight is 671 g/mol. The Labute approximate surface area is 280 Å². The van der Waals surface area contributed by atoms with Gasteiger partial charge in [-0.25, -0.2) is 13.1 Å². The summed E-state index contributed by atoms with van der Waals surface area (Å²) >= 11 is 1.62. The van der Waals surface area contributed by atoms with Crippen LogP contribution < -0.4 is 20.7 Å². The first kappa shape index (κ1) is 33.9. The molecule has 11 heteroatoms. The van der Waals surface area contributed by atoms with E-state index in [1.807, 2.05) is 30.5 Å². The van der Waals surface area contributed by atoms with E-state index in [0.29, 0.717) is 24.0 Å². The van der Waals surface area contributed by atoms with E-state index in [0.717, 1.165) is 21.7 Å². The van der Waals surface area contributed by atoms with E-state index in [9.17, 15) is 22.8 Å². The third kappa shape index (κ3) is 8.29. The first-order valence-electron chi connectivity index (χ1n) is 15.2. The van der Waals surface area contributed by atoms with Crippen molar-refractivity contribution in [1.29, 1.82) is 0 Å². The lowest BCUT2D eigenvalue weighted by Crippen LogP contribution is -2.49. The Morgan fingerprint density at radius 1 is 0.957 bits per heavy atom. The van der Waals surface area contributed by atoms with Crippen LogP contribution in [0.3, 0.4) is 0 Å². The van der Waals surface area contributed by atoms with Gasteiger partial charge in [-0.1, -0.05) is 60.7 Å². The molecule has 0 aromatic heterocycles. The molecule has 1 aliphatic rings. The highest BCUT2D eigenvalue weighted by molar-refractivity contribution is 7.98. The van der Waals surface area contributed by atoms with Gasteiger partial charge in [0.1, 0.15) is 6.04 Å². The lowest BCUT2D eigenvalue weighted by Gasteiger charge is -2.27. The van der Waals surface area contributed by atoms with Crippen molar-refractivity contribution in [1.82, 2.24) is 10.0 Å². The topological polar surface area (TPSA) is 139 Å². The van der Waals surface area contributed by atoms with Crippen LogP contribution in [0, 0.1) is 0 Å². The molecule has 5 rings (SSSR count). The SMILES string of the molecule is CSc1ccc2c(c1)CC[C@@H](NC(=O)CC(C)(C)N)C(=O)N2Cc1ccc(-c2ccccc2S(=O)(=O)NC(=O)c2ccccc2)cc1. The smallest absolute Gasteiger partial charge is 0.264 e. The minimum absolute atomic E-state index is 0.0301. The number of nitrogens with two attached hydrogens (primary N) is 1. The number of thioether (sulfide) groups is 1. The highest BCUT2D eigenvalue weighted by Gasteiger charge is 2.32. The lowest BCUT2D eigenvalue weighted by atomic mass is 10.0. The van der Waals surface area contributed by atoms with Crippen molar-refractivity contribution in [3.8, 4) is 11.1 Å². The maximum Gasteiger partial charge on any atom is 0.264 e. The minimum Gasteiger partial charge on any atom is -0.344 e. The zero-order valence-corrected chi connectivity index (χ0v) is 28.2. The highest BCUT2D eigenvalue weighted by atomic mass is 32.2. The van der Waals surface area contributed by atoms with Gasteiger partial charge in [0.2, 0.25) is 11.8 Å². The second-order valence-corrected chi connectivity index (χ2v) is 14.8. The first-order chi connectivity index (χ1) is 22.3. The molecule has 0 fully saturated rings. The van der Waals surface area contributed by atoms with E-state index >= 15 is 0 Å². The van der Waals surface area contributed by atoms with E-state index in [1.165, 1.54) is 6.07 Å². The van der Waals surface area contributed by atoms with Gasteiger partial charge < -0.3 is 16.0 Å². The van der Waals surface area contributed by atoms with E-state index < -0.39 is 27.5 Å². The minimum atomic E-state index is -4.19. The number of rotatable bonds is 10. The summed E-state index contributed by atoms with van der Waals surface area (Å²) < 4.78 is 28.9. The van der Waals surface area contributed by atoms with Crippen molar-refractivity contribution >= 4 is 45.2 Å². The molecule has 1 heterocycles. The fourth-order valence-corrected chi connectivity index (χ4v) is 7.25. The third-order valence-electron chi connectivity index (χ3n) is 7.84. The van der Waals surface area contributed by atoms with Crippen LogP contribution >= 0.6 is 11.8 Å². The van der Waals surface area contributed by atoms with Crippen LogP contribution in [0.15, 0.2) is 107 Å². The summed E-state index contributed by atoms with van der Waals surface area (Å²) in [5, 5.41) is 2.92. The molecule has 4 aromatic carbocycles. The van der Waals surface area contributed by atoms with Crippen LogP contribution in [0.1, 0.15) is 48.2 Å². The van der Waals surface area contributed by atoms with Gasteiger partial charge in [-0.05, 0) is 86.0 Å². The van der Waals surface area contributed by atoms with Crippen LogP contribution in [0.5, 0.6) is 0 Å². The molecule has 47 heavy (non-hydrogen) atoms. The molecule has 0 radical (unpaired) electrons. The number of fused-ring (bicyclic) bond motifs is 1. The number of amides is 3. The molecule has 1 aliphatic heterocycles. The van der Waals surface area contributed by atoms with Crippen molar-refractivity contribution in [2.45, 2.75) is 61.0 Å². The van der Waals surface area contributed by atoms with Crippen LogP contribution in [0.25, 0.3) is 11.1 Å². The number of aryl methyl sites for hydroxylation is 1. The van der Waals surface area contributed by atoms with Gasteiger partial charge in [0, 0.05) is 33.7 Å². The Bertz CT molecular complexity index is 1890. The second kappa shape index (κ2) is 14.1. The molecule has 0 saturated carbocycles. The predicted octanol–water partition coefficient (Wildman–Crippen LogP) is 5.29. The van der Waals surface area contributed by atoms with Gasteiger partial charge in [0.25, 0.3) is 15.9 Å². The molecule has 0 aliphatic carbocycles. The van der Waals surface area contributed by atoms with Crippen LogP contribution in [0.2, 0.25) is 0 Å². The Morgan fingerprint density at radius 2 is 1.64 bits per heavy atom. The molecule has 4 N–H and O–H groups in total. The molecule has 244 valence electrons. The van der Waals surface area contributed by atoms with Gasteiger partial charge in [-0.2, -0.15) is 0 Å². The van der Waals surface area contributed by atoms with Crippen LogP contribution in [-0.4, -0.2) is 44.0 Å². The standard InChI is InChI=1S/C36H38N4O5S2/c1-36(2,37)22-33(41)38-30-19-17-27-21-28(46-3)18-20-31(27)40(35(30)43)23-24-13-15-25(16-14-24)29-11-7-8-12-32(29)47(44,45)39-34(42)26-9-5-4-6-10-26/h4-16,18,20-21,30H,17,19,22-23,37H2,1-3H3,(H,38,41)(H,39,42)/t30-/m1/s1. The van der Waals surface area contributed by atoms with Crippen molar-refractivity contribution in [2.75, 3.05) is 11.2 Å². The number of anilines is 1. The molecule has 0 spiro atoms. The number of sulfonamides is 1. The normalized spacial score (nSPS) is 15.0. The van der Waals surface area contributed by atoms with Crippen molar-refractivity contribution in [2.24, 2.45) is 5.73 Å². The van der Waals surface area contributed by atoms with Gasteiger partial charge >= 0.3 is 0 Å². The molecule has 1 atom stereocenters. The van der Waals surface area contributed by atoms with Gasteiger partial charge in [0.15, 0.2) is 0 Å². The van der Waals surface area contributed by atoms with Crippen LogP contribution in [0.4, 0.5) is 5.69 Å². The summed E-state index contributed by atoms with van der Waals surface area (Å²) in [7, 11) is -4.19. The van der Waals surface area contributed by atoms with Crippen molar-refractivity contribution in [3.05, 3.63) is 114 Å². The summed E-state index contributed by atoms with van der Waals surface area (Å²) in [5.41, 5.74) is 9.27. The molecule has 9 nitrogen and oxygen atoms in total. The van der Waals surface area contributed by atoms with E-state index in [4.69, 9.17) is 5.73 Å². The van der Waals surface area contributed by atoms with Gasteiger partial charge in [-0.15, -0.1) is 11.8 Å². The van der Waals surface area contributed by atoms with Crippen molar-refractivity contribution in [3.63, 3.8) is 0 Å². The maximum absolute atomic E-state index is 14.0.